The van der Waals surface area contributed by atoms with Crippen molar-refractivity contribution in [1.82, 2.24) is 0 Å². The zero-order valence-corrected chi connectivity index (χ0v) is 11.3. The minimum atomic E-state index is -0.315. The fourth-order valence-corrected chi connectivity index (χ4v) is 1.71. The number of hydrogen-bond donors (Lipinski definition) is 1. The molecule has 5 heteroatoms. The van der Waals surface area contributed by atoms with Crippen LogP contribution in [0.4, 0.5) is 10.1 Å². The number of nitrogens with zero attached hydrogens (tertiary/aromatic N) is 1. The van der Waals surface area contributed by atoms with Gasteiger partial charge in [-0.3, -0.25) is 4.79 Å². The average Bonchev–Trinajstić information content (AvgIpc) is 2.41. The molecule has 0 heterocycles. The van der Waals surface area contributed by atoms with Crippen LogP contribution in [-0.2, 0) is 9.53 Å². The smallest absolute Gasteiger partial charge is 0.229 e. The number of carbonyl (C=O) groups excluding carboxylic acids is 1. The monoisotopic (exact) mass is 268 g/mol. The molecule has 1 aromatic rings. The van der Waals surface area contributed by atoms with Crippen molar-refractivity contribution in [2.24, 2.45) is 5.73 Å². The summed E-state index contributed by atoms with van der Waals surface area (Å²) in [6, 6.07) is 5.90. The Morgan fingerprint density at radius 1 is 1.37 bits per heavy atom. The molecule has 0 saturated carbocycles. The van der Waals surface area contributed by atoms with Gasteiger partial charge in [0, 0.05) is 18.8 Å². The van der Waals surface area contributed by atoms with Gasteiger partial charge in [-0.2, -0.15) is 0 Å². The third-order valence-electron chi connectivity index (χ3n) is 2.69. The van der Waals surface area contributed by atoms with Crippen molar-refractivity contribution < 1.29 is 13.9 Å². The molecule has 1 rings (SSSR count). The molecule has 0 fully saturated rings. The second-order valence-electron chi connectivity index (χ2n) is 4.11. The number of hydrogen-bond acceptors (Lipinski definition) is 3. The van der Waals surface area contributed by atoms with E-state index in [-0.39, 0.29) is 11.7 Å². The molecule has 0 atom stereocenters. The summed E-state index contributed by atoms with van der Waals surface area (Å²) in [5.74, 6) is -0.349. The molecular weight excluding hydrogens is 247 g/mol. The number of amides is 1. The summed E-state index contributed by atoms with van der Waals surface area (Å²) >= 11 is 0. The van der Waals surface area contributed by atoms with Crippen LogP contribution >= 0.6 is 0 Å². The molecule has 0 aromatic heterocycles. The third-order valence-corrected chi connectivity index (χ3v) is 2.69. The van der Waals surface area contributed by atoms with Crippen LogP contribution in [0.2, 0.25) is 0 Å². The zero-order chi connectivity index (χ0) is 14.1. The summed E-state index contributed by atoms with van der Waals surface area (Å²) in [5, 5.41) is 0. The van der Waals surface area contributed by atoms with Crippen LogP contribution in [0.3, 0.4) is 0 Å². The molecule has 19 heavy (non-hydrogen) atoms. The Hall–Kier alpha value is -1.46. The largest absolute Gasteiger partial charge is 0.381 e. The van der Waals surface area contributed by atoms with Crippen LogP contribution in [0.5, 0.6) is 0 Å². The first-order valence-electron chi connectivity index (χ1n) is 6.52. The van der Waals surface area contributed by atoms with Gasteiger partial charge in [0.1, 0.15) is 5.82 Å². The molecule has 0 saturated heterocycles. The predicted octanol–water partition coefficient (Wildman–Crippen LogP) is 1.93. The van der Waals surface area contributed by atoms with E-state index in [0.717, 1.165) is 0 Å². The van der Waals surface area contributed by atoms with Gasteiger partial charge in [0.15, 0.2) is 0 Å². The second kappa shape index (κ2) is 8.61. The first kappa shape index (κ1) is 15.6. The van der Waals surface area contributed by atoms with Gasteiger partial charge in [0.25, 0.3) is 0 Å². The Kier molecular flexibility index (Phi) is 7.07. The Morgan fingerprint density at radius 3 is 2.63 bits per heavy atom. The van der Waals surface area contributed by atoms with E-state index >= 15 is 0 Å². The maximum absolute atomic E-state index is 12.9. The standard InChI is InChI=1S/C14H21FN2O2/c1-2-19-11-8-14(18)17(10-3-9-16)13-6-4-12(15)5-7-13/h4-7H,2-3,8-11,16H2,1H3. The summed E-state index contributed by atoms with van der Waals surface area (Å²) in [4.78, 5) is 13.8. The van der Waals surface area contributed by atoms with Crippen molar-refractivity contribution in [2.45, 2.75) is 19.8 Å². The van der Waals surface area contributed by atoms with E-state index in [0.29, 0.717) is 44.8 Å². The molecule has 1 aromatic carbocycles. The molecule has 106 valence electrons. The minimum absolute atomic E-state index is 0.0338. The number of rotatable bonds is 8. The van der Waals surface area contributed by atoms with Crippen LogP contribution in [0.1, 0.15) is 19.8 Å². The molecule has 0 aliphatic rings. The van der Waals surface area contributed by atoms with E-state index in [2.05, 4.69) is 0 Å². The minimum Gasteiger partial charge on any atom is -0.381 e. The topological polar surface area (TPSA) is 55.6 Å². The highest BCUT2D eigenvalue weighted by molar-refractivity contribution is 5.93. The molecule has 1 amide bonds. The fourth-order valence-electron chi connectivity index (χ4n) is 1.71. The van der Waals surface area contributed by atoms with Crippen LogP contribution in [0.15, 0.2) is 24.3 Å². The SMILES string of the molecule is CCOCCC(=O)N(CCCN)c1ccc(F)cc1. The highest BCUT2D eigenvalue weighted by Gasteiger charge is 2.14. The molecule has 0 unspecified atom stereocenters. The number of nitrogens with two attached hydrogens (primary N) is 1. The summed E-state index contributed by atoms with van der Waals surface area (Å²) in [6.45, 7) is 3.92. The van der Waals surface area contributed by atoms with Gasteiger partial charge in [-0.1, -0.05) is 0 Å². The van der Waals surface area contributed by atoms with E-state index in [1.54, 1.807) is 17.0 Å². The normalized spacial score (nSPS) is 10.5. The van der Waals surface area contributed by atoms with E-state index in [4.69, 9.17) is 10.5 Å². The van der Waals surface area contributed by atoms with Crippen molar-refractivity contribution in [3.63, 3.8) is 0 Å². The van der Waals surface area contributed by atoms with Crippen molar-refractivity contribution in [1.29, 1.82) is 0 Å². The van der Waals surface area contributed by atoms with Gasteiger partial charge in [0.05, 0.1) is 13.0 Å². The molecule has 0 aliphatic heterocycles. The number of anilines is 1. The van der Waals surface area contributed by atoms with Crippen LogP contribution in [0, 0.1) is 5.82 Å². The van der Waals surface area contributed by atoms with Crippen molar-refractivity contribution >= 4 is 11.6 Å². The Balaban J connectivity index is 2.70. The maximum atomic E-state index is 12.9. The van der Waals surface area contributed by atoms with E-state index < -0.39 is 0 Å². The van der Waals surface area contributed by atoms with Gasteiger partial charge < -0.3 is 15.4 Å². The van der Waals surface area contributed by atoms with Gasteiger partial charge in [-0.25, -0.2) is 4.39 Å². The Bertz CT molecular complexity index is 382. The Morgan fingerprint density at radius 2 is 2.05 bits per heavy atom. The van der Waals surface area contributed by atoms with E-state index in [1.807, 2.05) is 6.92 Å². The van der Waals surface area contributed by atoms with Crippen molar-refractivity contribution in [2.75, 3.05) is 31.2 Å². The third kappa shape index (κ3) is 5.36. The first-order valence-corrected chi connectivity index (χ1v) is 6.52. The molecule has 0 spiro atoms. The number of carbonyl (C=O) groups is 1. The van der Waals surface area contributed by atoms with Crippen molar-refractivity contribution in [3.05, 3.63) is 30.1 Å². The van der Waals surface area contributed by atoms with Crippen LogP contribution in [-0.4, -0.2) is 32.2 Å². The molecule has 0 aliphatic carbocycles. The second-order valence-corrected chi connectivity index (χ2v) is 4.11. The number of ether oxygens (including phenoxy) is 1. The van der Waals surface area contributed by atoms with Gasteiger partial charge >= 0.3 is 0 Å². The predicted molar refractivity (Wildman–Crippen MR) is 73.5 cm³/mol. The summed E-state index contributed by atoms with van der Waals surface area (Å²) in [7, 11) is 0. The van der Waals surface area contributed by atoms with E-state index in [1.165, 1.54) is 12.1 Å². The summed E-state index contributed by atoms with van der Waals surface area (Å²) in [5.41, 5.74) is 6.17. The summed E-state index contributed by atoms with van der Waals surface area (Å²) < 4.78 is 18.1. The Labute approximate surface area is 113 Å². The molecular formula is C14H21FN2O2. The average molecular weight is 268 g/mol. The first-order chi connectivity index (χ1) is 9.19. The number of halogens is 1. The number of benzene rings is 1. The summed E-state index contributed by atoms with van der Waals surface area (Å²) in [6.07, 6.45) is 1.02. The van der Waals surface area contributed by atoms with Gasteiger partial charge in [0.2, 0.25) is 5.91 Å². The lowest BCUT2D eigenvalue weighted by Crippen LogP contribution is -2.33. The molecule has 4 nitrogen and oxygen atoms in total. The maximum Gasteiger partial charge on any atom is 0.229 e. The van der Waals surface area contributed by atoms with Gasteiger partial charge in [-0.05, 0) is 44.2 Å². The quantitative estimate of drug-likeness (QED) is 0.733. The lowest BCUT2D eigenvalue weighted by atomic mass is 10.2. The fraction of sp³-hybridized carbons (Fsp3) is 0.500. The highest BCUT2D eigenvalue weighted by atomic mass is 19.1. The molecule has 0 bridgehead atoms. The zero-order valence-electron chi connectivity index (χ0n) is 11.3. The molecule has 0 radical (unpaired) electrons. The van der Waals surface area contributed by atoms with Crippen molar-refractivity contribution in [3.8, 4) is 0 Å². The lowest BCUT2D eigenvalue weighted by molar-refractivity contribution is -0.119. The highest BCUT2D eigenvalue weighted by Crippen LogP contribution is 2.16. The molecule has 2 N–H and O–H groups in total. The lowest BCUT2D eigenvalue weighted by Gasteiger charge is -2.22. The van der Waals surface area contributed by atoms with E-state index in [9.17, 15) is 9.18 Å². The van der Waals surface area contributed by atoms with Crippen LogP contribution < -0.4 is 10.6 Å². The van der Waals surface area contributed by atoms with Gasteiger partial charge in [-0.15, -0.1) is 0 Å². The van der Waals surface area contributed by atoms with Crippen LogP contribution in [0.25, 0.3) is 0 Å².